The van der Waals surface area contributed by atoms with Crippen LogP contribution in [0.25, 0.3) is 0 Å². The second kappa shape index (κ2) is 8.97. The number of carbonyl (C=O) groups is 2. The van der Waals surface area contributed by atoms with Crippen molar-refractivity contribution in [2.45, 2.75) is 32.4 Å². The van der Waals surface area contributed by atoms with E-state index >= 15 is 0 Å². The molecule has 148 valence electrons. The van der Waals surface area contributed by atoms with Crippen molar-refractivity contribution in [1.82, 2.24) is 0 Å². The van der Waals surface area contributed by atoms with Gasteiger partial charge in [0.25, 0.3) is 0 Å². The van der Waals surface area contributed by atoms with Crippen LogP contribution in [0, 0.1) is 25.2 Å². The van der Waals surface area contributed by atoms with Crippen LogP contribution in [-0.4, -0.2) is 23.7 Å². The molecular formula is C23H22N2O3S. The Kier molecular flexibility index (Phi) is 6.40. The van der Waals surface area contributed by atoms with Gasteiger partial charge in [-0.25, -0.2) is 4.79 Å². The Morgan fingerprint density at radius 1 is 1.10 bits per heavy atom. The van der Waals surface area contributed by atoms with Crippen LogP contribution in [0.1, 0.15) is 23.6 Å². The number of hydrogen-bond donors (Lipinski definition) is 0. The number of esters is 1. The largest absolute Gasteiger partial charge is 0.462 e. The van der Waals surface area contributed by atoms with E-state index in [1.165, 1.54) is 16.7 Å². The summed E-state index contributed by atoms with van der Waals surface area (Å²) in [6.45, 7) is 5.81. The molecule has 1 unspecified atom stereocenters. The molecule has 1 aliphatic rings. The predicted octanol–water partition coefficient (Wildman–Crippen LogP) is 4.29. The van der Waals surface area contributed by atoms with Gasteiger partial charge in [-0.15, -0.1) is 0 Å². The van der Waals surface area contributed by atoms with Gasteiger partial charge in [0, 0.05) is 5.69 Å². The number of thioether (sulfide) groups is 1. The first-order valence-corrected chi connectivity index (χ1v) is 10.3. The Bertz CT molecular complexity index is 988. The van der Waals surface area contributed by atoms with Crippen LogP contribution in [0.4, 0.5) is 5.69 Å². The van der Waals surface area contributed by atoms with Crippen molar-refractivity contribution in [1.29, 1.82) is 5.26 Å². The Labute approximate surface area is 175 Å². The molecule has 0 spiro atoms. The zero-order chi connectivity index (χ0) is 21.0. The van der Waals surface area contributed by atoms with Gasteiger partial charge in [-0.3, -0.25) is 9.69 Å². The molecule has 29 heavy (non-hydrogen) atoms. The van der Waals surface area contributed by atoms with Crippen LogP contribution in [0.5, 0.6) is 0 Å². The lowest BCUT2D eigenvalue weighted by Crippen LogP contribution is -2.30. The molecule has 1 saturated heterocycles. The molecule has 0 aliphatic carbocycles. The first kappa shape index (κ1) is 20.7. The monoisotopic (exact) mass is 406 g/mol. The van der Waals surface area contributed by atoms with Crippen molar-refractivity contribution in [3.8, 4) is 6.07 Å². The van der Waals surface area contributed by atoms with Crippen LogP contribution in [-0.2, 0) is 20.7 Å². The number of amides is 1. The number of benzene rings is 2. The molecule has 2 aromatic carbocycles. The lowest BCUT2D eigenvalue weighted by Gasteiger charge is -2.18. The fraction of sp³-hybridized carbons (Fsp3) is 0.261. The van der Waals surface area contributed by atoms with E-state index in [1.54, 1.807) is 6.92 Å². The van der Waals surface area contributed by atoms with Crippen molar-refractivity contribution < 1.29 is 14.3 Å². The van der Waals surface area contributed by atoms with Crippen molar-refractivity contribution in [2.75, 3.05) is 11.5 Å². The quantitative estimate of drug-likeness (QED) is 0.421. The van der Waals surface area contributed by atoms with Crippen molar-refractivity contribution in [2.24, 2.45) is 0 Å². The van der Waals surface area contributed by atoms with Crippen LogP contribution < -0.4 is 4.90 Å². The molecule has 0 N–H and O–H groups in total. The fourth-order valence-corrected chi connectivity index (χ4v) is 4.34. The van der Waals surface area contributed by atoms with E-state index in [1.807, 2.05) is 68.4 Å². The Hall–Kier alpha value is -3.04. The fourth-order valence-electron chi connectivity index (χ4n) is 3.04. The molecule has 0 bridgehead atoms. The summed E-state index contributed by atoms with van der Waals surface area (Å²) in [7, 11) is 0. The van der Waals surface area contributed by atoms with Gasteiger partial charge < -0.3 is 4.74 Å². The molecule has 1 aliphatic heterocycles. The van der Waals surface area contributed by atoms with E-state index in [9.17, 15) is 14.9 Å². The van der Waals surface area contributed by atoms with E-state index in [2.05, 4.69) is 0 Å². The van der Waals surface area contributed by atoms with E-state index in [0.717, 1.165) is 16.7 Å². The molecule has 1 heterocycles. The molecular weight excluding hydrogens is 384 g/mol. The highest BCUT2D eigenvalue weighted by molar-refractivity contribution is 8.05. The van der Waals surface area contributed by atoms with E-state index in [4.69, 9.17) is 4.74 Å². The molecule has 3 rings (SSSR count). The Morgan fingerprint density at radius 3 is 2.24 bits per heavy atom. The van der Waals surface area contributed by atoms with Crippen molar-refractivity contribution in [3.63, 3.8) is 0 Å². The summed E-state index contributed by atoms with van der Waals surface area (Å²) in [6, 6.07) is 17.4. The Morgan fingerprint density at radius 2 is 1.69 bits per heavy atom. The number of ether oxygens (including phenoxy) is 1. The maximum atomic E-state index is 13.3. The van der Waals surface area contributed by atoms with Gasteiger partial charge in [0.1, 0.15) is 11.1 Å². The van der Waals surface area contributed by atoms with Gasteiger partial charge in [0.05, 0.1) is 11.9 Å². The third kappa shape index (κ3) is 4.52. The molecule has 0 radical (unpaired) electrons. The van der Waals surface area contributed by atoms with Gasteiger partial charge >= 0.3 is 5.97 Å². The highest BCUT2D eigenvalue weighted by atomic mass is 32.2. The lowest BCUT2D eigenvalue weighted by molar-refractivity contribution is -0.138. The van der Waals surface area contributed by atoms with Crippen LogP contribution in [0.15, 0.2) is 59.1 Å². The number of nitrogens with zero attached hydrogens (tertiary/aromatic N) is 2. The SMILES string of the molecule is CCOC(=O)C(C#N)=C1SC(Cc2ccc(C)cc2)C(=O)N1c1ccc(C)cc1. The average Bonchev–Trinajstić information content (AvgIpc) is 3.01. The van der Waals surface area contributed by atoms with Gasteiger partial charge in [0.2, 0.25) is 5.91 Å². The van der Waals surface area contributed by atoms with Crippen LogP contribution in [0.3, 0.4) is 0 Å². The molecule has 0 saturated carbocycles. The summed E-state index contributed by atoms with van der Waals surface area (Å²) in [5.41, 5.74) is 3.72. The minimum absolute atomic E-state index is 0.141. The topological polar surface area (TPSA) is 70.4 Å². The van der Waals surface area contributed by atoms with E-state index in [-0.39, 0.29) is 18.1 Å². The van der Waals surface area contributed by atoms with Crippen molar-refractivity contribution in [3.05, 3.63) is 75.8 Å². The van der Waals surface area contributed by atoms with Gasteiger partial charge in [-0.1, -0.05) is 59.3 Å². The van der Waals surface area contributed by atoms with E-state index in [0.29, 0.717) is 17.1 Å². The standard InChI is InChI=1S/C23H22N2O3S/c1-4-28-23(27)19(14-24)22-25(18-11-7-16(3)8-12-18)21(26)20(29-22)13-17-9-5-15(2)6-10-17/h5-12,20H,4,13H2,1-3H3. The van der Waals surface area contributed by atoms with Gasteiger partial charge in [0.15, 0.2) is 5.57 Å². The number of hydrogen-bond acceptors (Lipinski definition) is 5. The number of carbonyl (C=O) groups excluding carboxylic acids is 2. The molecule has 0 aromatic heterocycles. The zero-order valence-corrected chi connectivity index (χ0v) is 17.5. The highest BCUT2D eigenvalue weighted by Gasteiger charge is 2.41. The maximum absolute atomic E-state index is 13.3. The minimum Gasteiger partial charge on any atom is -0.462 e. The molecule has 1 fully saturated rings. The summed E-state index contributed by atoms with van der Waals surface area (Å²) in [5.74, 6) is -0.857. The third-order valence-corrected chi connectivity index (χ3v) is 5.85. The third-order valence-electron chi connectivity index (χ3n) is 4.59. The second-order valence-corrected chi connectivity index (χ2v) is 8.01. The first-order valence-electron chi connectivity index (χ1n) is 9.39. The number of nitriles is 1. The summed E-state index contributed by atoms with van der Waals surface area (Å²) in [4.78, 5) is 27.1. The summed E-state index contributed by atoms with van der Waals surface area (Å²) < 4.78 is 5.04. The smallest absolute Gasteiger partial charge is 0.351 e. The Balaban J connectivity index is 2.02. The molecule has 2 aromatic rings. The number of aryl methyl sites for hydroxylation is 2. The summed E-state index contributed by atoms with van der Waals surface area (Å²) in [6.07, 6.45) is 0.511. The normalized spacial score (nSPS) is 17.8. The minimum atomic E-state index is -0.710. The molecule has 5 nitrogen and oxygen atoms in total. The molecule has 1 amide bonds. The summed E-state index contributed by atoms with van der Waals surface area (Å²) in [5, 5.41) is 9.53. The van der Waals surface area contributed by atoms with Gasteiger partial charge in [-0.2, -0.15) is 5.26 Å². The van der Waals surface area contributed by atoms with E-state index < -0.39 is 11.2 Å². The first-order chi connectivity index (χ1) is 13.9. The van der Waals surface area contributed by atoms with Crippen LogP contribution >= 0.6 is 11.8 Å². The van der Waals surface area contributed by atoms with Gasteiger partial charge in [-0.05, 0) is 44.9 Å². The molecule has 6 heteroatoms. The zero-order valence-electron chi connectivity index (χ0n) is 16.6. The highest BCUT2D eigenvalue weighted by Crippen LogP contribution is 2.42. The lowest BCUT2D eigenvalue weighted by atomic mass is 10.1. The summed E-state index contributed by atoms with van der Waals surface area (Å²) >= 11 is 1.24. The average molecular weight is 407 g/mol. The predicted molar refractivity (Wildman–Crippen MR) is 114 cm³/mol. The molecule has 1 atom stereocenters. The van der Waals surface area contributed by atoms with Crippen LogP contribution in [0.2, 0.25) is 0 Å². The number of anilines is 1. The second-order valence-electron chi connectivity index (χ2n) is 6.82. The van der Waals surface area contributed by atoms with Crippen molar-refractivity contribution >= 4 is 29.3 Å². The number of rotatable bonds is 5. The maximum Gasteiger partial charge on any atom is 0.351 e.